The topological polar surface area (TPSA) is 94.2 Å². The maximum absolute atomic E-state index is 11.6. The summed E-state index contributed by atoms with van der Waals surface area (Å²) in [5, 5.41) is 9.43. The van der Waals surface area contributed by atoms with Gasteiger partial charge in [0.05, 0.1) is 11.0 Å². The Balaban J connectivity index is 1.37. The van der Waals surface area contributed by atoms with Gasteiger partial charge in [-0.1, -0.05) is 12.1 Å². The van der Waals surface area contributed by atoms with Gasteiger partial charge in [0, 0.05) is 38.5 Å². The van der Waals surface area contributed by atoms with Gasteiger partial charge < -0.3 is 20.9 Å². The van der Waals surface area contributed by atoms with E-state index in [9.17, 15) is 4.79 Å². The minimum atomic E-state index is 0.180. The van der Waals surface area contributed by atoms with Gasteiger partial charge in [-0.25, -0.2) is 4.98 Å². The van der Waals surface area contributed by atoms with E-state index < -0.39 is 0 Å². The number of aromatic amines is 1. The van der Waals surface area contributed by atoms with E-state index >= 15 is 0 Å². The number of aromatic nitrogens is 2. The van der Waals surface area contributed by atoms with Crippen LogP contribution in [0.1, 0.15) is 32.0 Å². The predicted octanol–water partition coefficient (Wildman–Crippen LogP) is 1.58. The number of H-pyrrole nitrogens is 1. The molecule has 1 aliphatic carbocycles. The third-order valence-corrected chi connectivity index (χ3v) is 4.29. The van der Waals surface area contributed by atoms with Crippen molar-refractivity contribution in [2.45, 2.75) is 32.6 Å². The highest BCUT2D eigenvalue weighted by Crippen LogP contribution is 2.28. The second-order valence-corrected chi connectivity index (χ2v) is 6.56. The second-order valence-electron chi connectivity index (χ2n) is 6.56. The van der Waals surface area contributed by atoms with Gasteiger partial charge in [0.1, 0.15) is 5.82 Å². The zero-order valence-corrected chi connectivity index (χ0v) is 15.3. The Morgan fingerprint density at radius 3 is 2.81 bits per heavy atom. The fraction of sp³-hybridized carbons (Fsp3) is 0.526. The summed E-state index contributed by atoms with van der Waals surface area (Å²) in [5.41, 5.74) is 2.09. The van der Waals surface area contributed by atoms with Crippen molar-refractivity contribution in [2.24, 2.45) is 10.9 Å². The van der Waals surface area contributed by atoms with Crippen LogP contribution in [0.2, 0.25) is 0 Å². The number of rotatable bonds is 9. The lowest BCUT2D eigenvalue weighted by Crippen LogP contribution is -2.41. The van der Waals surface area contributed by atoms with Crippen LogP contribution in [0.3, 0.4) is 0 Å². The molecule has 7 nitrogen and oxygen atoms in total. The Labute approximate surface area is 154 Å². The molecule has 26 heavy (non-hydrogen) atoms. The minimum Gasteiger partial charge on any atom is -0.357 e. The zero-order chi connectivity index (χ0) is 18.2. The summed E-state index contributed by atoms with van der Waals surface area (Å²) in [6.45, 7) is 4.87. The fourth-order valence-electron chi connectivity index (χ4n) is 2.76. The number of amides is 1. The summed E-state index contributed by atoms with van der Waals surface area (Å²) < 4.78 is 0. The van der Waals surface area contributed by atoms with Gasteiger partial charge in [0.2, 0.25) is 5.91 Å². The van der Waals surface area contributed by atoms with Gasteiger partial charge in [-0.3, -0.25) is 9.79 Å². The summed E-state index contributed by atoms with van der Waals surface area (Å²) in [6.07, 6.45) is 3.87. The minimum absolute atomic E-state index is 0.180. The molecule has 1 saturated carbocycles. The molecule has 7 heteroatoms. The van der Waals surface area contributed by atoms with Gasteiger partial charge in [-0.2, -0.15) is 0 Å². The average molecular weight is 356 g/mol. The van der Waals surface area contributed by atoms with Crippen LogP contribution < -0.4 is 16.0 Å². The van der Waals surface area contributed by atoms with E-state index in [0.29, 0.717) is 13.1 Å². The molecule has 0 atom stereocenters. The van der Waals surface area contributed by atoms with Crippen LogP contribution >= 0.6 is 0 Å². The molecule has 1 aliphatic rings. The first kappa shape index (κ1) is 18.2. The van der Waals surface area contributed by atoms with Gasteiger partial charge in [-0.15, -0.1) is 0 Å². The Kier molecular flexibility index (Phi) is 6.46. The number of imidazole rings is 1. The second kappa shape index (κ2) is 9.22. The van der Waals surface area contributed by atoms with Crippen molar-refractivity contribution in [2.75, 3.05) is 26.2 Å². The number of hydrogen-bond donors (Lipinski definition) is 4. The maximum Gasteiger partial charge on any atom is 0.223 e. The standard InChI is InChI=1S/C19H28N6O/c1-2-20-19(23-13-12-21-18(26)14-9-10-14)22-11-5-8-17-24-15-6-3-4-7-16(15)25-17/h3-4,6-7,14H,2,5,8-13H2,1H3,(H,21,26)(H,24,25)(H2,20,22,23). The summed E-state index contributed by atoms with van der Waals surface area (Å²) in [7, 11) is 0. The van der Waals surface area contributed by atoms with Crippen molar-refractivity contribution in [3.63, 3.8) is 0 Å². The smallest absolute Gasteiger partial charge is 0.223 e. The lowest BCUT2D eigenvalue weighted by atomic mass is 10.3. The molecule has 140 valence electrons. The number of hydrogen-bond acceptors (Lipinski definition) is 3. The molecule has 0 radical (unpaired) electrons. The molecule has 1 aromatic carbocycles. The molecule has 0 spiro atoms. The van der Waals surface area contributed by atoms with Gasteiger partial charge in [0.25, 0.3) is 0 Å². The van der Waals surface area contributed by atoms with Crippen LogP contribution in [0.5, 0.6) is 0 Å². The first-order valence-corrected chi connectivity index (χ1v) is 9.50. The molecule has 1 aromatic heterocycles. The van der Waals surface area contributed by atoms with Crippen LogP contribution in [0.25, 0.3) is 11.0 Å². The fourth-order valence-corrected chi connectivity index (χ4v) is 2.76. The van der Waals surface area contributed by atoms with Crippen molar-refractivity contribution < 1.29 is 4.79 Å². The van der Waals surface area contributed by atoms with Gasteiger partial charge >= 0.3 is 0 Å². The summed E-state index contributed by atoms with van der Waals surface area (Å²) in [4.78, 5) is 24.1. The Hall–Kier alpha value is -2.57. The summed E-state index contributed by atoms with van der Waals surface area (Å²) >= 11 is 0. The highest BCUT2D eigenvalue weighted by atomic mass is 16.2. The Morgan fingerprint density at radius 1 is 1.23 bits per heavy atom. The summed E-state index contributed by atoms with van der Waals surface area (Å²) in [5.74, 6) is 2.23. The van der Waals surface area contributed by atoms with Gasteiger partial charge in [0.15, 0.2) is 5.96 Å². The number of fused-ring (bicyclic) bond motifs is 1. The molecular weight excluding hydrogens is 328 g/mol. The number of benzene rings is 1. The van der Waals surface area contributed by atoms with Crippen molar-refractivity contribution >= 4 is 22.9 Å². The molecule has 2 aromatic rings. The third-order valence-electron chi connectivity index (χ3n) is 4.29. The van der Waals surface area contributed by atoms with E-state index in [0.717, 1.165) is 61.6 Å². The molecule has 4 N–H and O–H groups in total. The van der Waals surface area contributed by atoms with Crippen LogP contribution in [-0.4, -0.2) is 48.0 Å². The molecule has 0 saturated heterocycles. The molecule has 0 bridgehead atoms. The first-order valence-electron chi connectivity index (χ1n) is 9.50. The number of carbonyl (C=O) groups excluding carboxylic acids is 1. The number of aliphatic imine (C=N–C) groups is 1. The van der Waals surface area contributed by atoms with Crippen molar-refractivity contribution in [3.8, 4) is 0 Å². The maximum atomic E-state index is 11.6. The van der Waals surface area contributed by atoms with Crippen LogP contribution in [0.15, 0.2) is 29.3 Å². The number of para-hydroxylation sites is 2. The molecule has 1 amide bonds. The third kappa shape index (κ3) is 5.47. The van der Waals surface area contributed by atoms with Crippen LogP contribution in [0.4, 0.5) is 0 Å². The SMILES string of the molecule is CCNC(=NCCCc1nc2ccccc2[nH]1)NCCNC(=O)C1CC1. The van der Waals surface area contributed by atoms with Crippen molar-refractivity contribution in [1.82, 2.24) is 25.9 Å². The Bertz CT molecular complexity index is 716. The van der Waals surface area contributed by atoms with Crippen LogP contribution in [-0.2, 0) is 11.2 Å². The average Bonchev–Trinajstić information content (AvgIpc) is 3.41. The first-order chi connectivity index (χ1) is 12.8. The van der Waals surface area contributed by atoms with E-state index in [4.69, 9.17) is 0 Å². The van der Waals surface area contributed by atoms with E-state index in [1.54, 1.807) is 0 Å². The highest BCUT2D eigenvalue weighted by Gasteiger charge is 2.28. The molecule has 1 heterocycles. The van der Waals surface area contributed by atoms with E-state index in [-0.39, 0.29) is 11.8 Å². The molecule has 3 rings (SSSR count). The molecule has 0 aliphatic heterocycles. The zero-order valence-electron chi connectivity index (χ0n) is 15.3. The molecule has 0 unspecified atom stereocenters. The monoisotopic (exact) mass is 356 g/mol. The highest BCUT2D eigenvalue weighted by molar-refractivity contribution is 5.81. The van der Waals surface area contributed by atoms with E-state index in [1.807, 2.05) is 31.2 Å². The lowest BCUT2D eigenvalue weighted by molar-refractivity contribution is -0.122. The molecular formula is C19H28N6O. The predicted molar refractivity (Wildman–Crippen MR) is 104 cm³/mol. The summed E-state index contributed by atoms with van der Waals surface area (Å²) in [6, 6.07) is 8.07. The number of nitrogens with one attached hydrogen (secondary N) is 4. The van der Waals surface area contributed by atoms with Gasteiger partial charge in [-0.05, 0) is 38.3 Å². The number of aryl methyl sites for hydroxylation is 1. The van der Waals surface area contributed by atoms with E-state index in [1.165, 1.54) is 0 Å². The number of guanidine groups is 1. The van der Waals surface area contributed by atoms with Crippen molar-refractivity contribution in [1.29, 1.82) is 0 Å². The largest absolute Gasteiger partial charge is 0.357 e. The van der Waals surface area contributed by atoms with Crippen LogP contribution in [0, 0.1) is 5.92 Å². The van der Waals surface area contributed by atoms with E-state index in [2.05, 4.69) is 30.9 Å². The number of carbonyl (C=O) groups is 1. The molecule has 1 fully saturated rings. The lowest BCUT2D eigenvalue weighted by Gasteiger charge is -2.11. The Morgan fingerprint density at radius 2 is 2.04 bits per heavy atom. The number of nitrogens with zero attached hydrogens (tertiary/aromatic N) is 2. The quantitative estimate of drug-likeness (QED) is 0.312. The van der Waals surface area contributed by atoms with Crippen molar-refractivity contribution in [3.05, 3.63) is 30.1 Å². The normalized spacial score (nSPS) is 14.4.